The zero-order valence-electron chi connectivity index (χ0n) is 34.0. The number of carboxylic acid groups (broad SMARTS) is 1. The van der Waals surface area contributed by atoms with Crippen molar-refractivity contribution in [2.75, 3.05) is 49.8 Å². The van der Waals surface area contributed by atoms with Gasteiger partial charge in [-0.05, 0) is 85.2 Å². The fraction of sp³-hybridized carbons (Fsp3) is 0.474. The van der Waals surface area contributed by atoms with Crippen LogP contribution in [0.1, 0.15) is 76.7 Å². The van der Waals surface area contributed by atoms with Gasteiger partial charge in [-0.1, -0.05) is 26.8 Å². The second kappa shape index (κ2) is 21.3. The van der Waals surface area contributed by atoms with E-state index in [9.17, 15) is 48.8 Å². The minimum atomic E-state index is -4.87. The van der Waals surface area contributed by atoms with Crippen LogP contribution >= 0.6 is 0 Å². The van der Waals surface area contributed by atoms with Crippen molar-refractivity contribution >= 4 is 48.1 Å². The molecule has 2 aliphatic heterocycles. The van der Waals surface area contributed by atoms with Crippen molar-refractivity contribution in [1.29, 1.82) is 0 Å². The van der Waals surface area contributed by atoms with E-state index in [1.807, 2.05) is 49.6 Å². The van der Waals surface area contributed by atoms with Gasteiger partial charge in [0.25, 0.3) is 0 Å². The molecule has 1 aliphatic carbocycles. The number of allylic oxidation sites excluding steroid dienone is 3. The predicted molar refractivity (Wildman–Crippen MR) is 207 cm³/mol. The van der Waals surface area contributed by atoms with Crippen LogP contribution in [0.4, 0.5) is 5.69 Å². The molecule has 0 amide bonds. The SMILES string of the molecule is COCC[N+](CCCS(=O)(=O)[O-])=c1ccc2c(C(C)(C)C)cc(/C=C/C=C3/N(CCCS(=O)(=O)[O-])c4ccc(S(=O)(=O)[O-])cc4C3(C)CCCC(=O)O)oc-2c1.[Na+].[Na+]. The monoisotopic (exact) mass is 882 g/mol. The van der Waals surface area contributed by atoms with Gasteiger partial charge in [-0.3, -0.25) is 4.79 Å². The van der Waals surface area contributed by atoms with E-state index in [0.29, 0.717) is 41.6 Å². The number of carboxylic acids is 1. The number of fused-ring (bicyclic) bond motifs is 2. The van der Waals surface area contributed by atoms with Crippen molar-refractivity contribution in [3.05, 3.63) is 82.6 Å². The number of carbonyl (C=O) groups is 1. The molecule has 1 N–H and O–H groups in total. The summed E-state index contributed by atoms with van der Waals surface area (Å²) in [7, 11) is -12.3. The van der Waals surface area contributed by atoms with Crippen molar-refractivity contribution < 1.29 is 117 Å². The van der Waals surface area contributed by atoms with E-state index in [0.717, 1.165) is 22.6 Å². The van der Waals surface area contributed by atoms with Crippen LogP contribution in [0.25, 0.3) is 17.4 Å². The average Bonchev–Trinajstić information content (AvgIpc) is 3.29. The van der Waals surface area contributed by atoms with Crippen molar-refractivity contribution in [2.45, 2.75) is 75.5 Å². The van der Waals surface area contributed by atoms with Gasteiger partial charge in [0.2, 0.25) is 5.36 Å². The first kappa shape index (κ1) is 52.2. The Morgan fingerprint density at radius 3 is 2.17 bits per heavy atom. The van der Waals surface area contributed by atoms with Gasteiger partial charge < -0.3 is 32.8 Å². The number of aliphatic carboxylic acids is 1. The third-order valence-corrected chi connectivity index (χ3v) is 12.1. The molecule has 0 saturated carbocycles. The molecule has 0 bridgehead atoms. The van der Waals surface area contributed by atoms with Gasteiger partial charge >= 0.3 is 65.1 Å². The Labute approximate surface area is 385 Å². The number of ether oxygens (including phenoxy) is 1. The summed E-state index contributed by atoms with van der Waals surface area (Å²) in [5.74, 6) is -1.22. The molecule has 2 heterocycles. The molecule has 20 heteroatoms. The number of nitrogens with zero attached hydrogens (tertiary/aromatic N) is 2. The number of rotatable bonds is 18. The molecule has 4 rings (SSSR count). The van der Waals surface area contributed by atoms with E-state index in [1.165, 1.54) is 12.1 Å². The second-order valence-corrected chi connectivity index (χ2v) is 19.4. The first-order chi connectivity index (χ1) is 25.9. The molecular weight excluding hydrogens is 835 g/mol. The molecule has 1 atom stereocenters. The van der Waals surface area contributed by atoms with Crippen LogP contribution in [-0.4, -0.2) is 94.8 Å². The molecule has 1 aromatic carbocycles. The van der Waals surface area contributed by atoms with Crippen LogP contribution in [0, 0.1) is 0 Å². The van der Waals surface area contributed by atoms with Gasteiger partial charge in [-0.25, -0.2) is 29.8 Å². The molecule has 1 aromatic rings. The summed E-state index contributed by atoms with van der Waals surface area (Å²) in [6.07, 6.45) is 5.43. The Morgan fingerprint density at radius 2 is 1.59 bits per heavy atom. The molecule has 15 nitrogen and oxygen atoms in total. The van der Waals surface area contributed by atoms with Gasteiger partial charge in [0.05, 0.1) is 31.2 Å². The van der Waals surface area contributed by atoms with E-state index in [1.54, 1.807) is 37.2 Å². The van der Waals surface area contributed by atoms with Crippen LogP contribution in [0.2, 0.25) is 0 Å². The van der Waals surface area contributed by atoms with Gasteiger partial charge in [0, 0.05) is 66.4 Å². The van der Waals surface area contributed by atoms with Crippen molar-refractivity contribution in [3.63, 3.8) is 0 Å². The van der Waals surface area contributed by atoms with Crippen LogP contribution in [0.15, 0.2) is 69.6 Å². The Morgan fingerprint density at radius 1 is 0.931 bits per heavy atom. The Bertz CT molecular complexity index is 2370. The average molecular weight is 883 g/mol. The third kappa shape index (κ3) is 14.3. The van der Waals surface area contributed by atoms with E-state index in [4.69, 9.17) is 9.15 Å². The molecule has 58 heavy (non-hydrogen) atoms. The molecule has 0 aromatic heterocycles. The van der Waals surface area contributed by atoms with Gasteiger partial charge in [0.1, 0.15) is 34.8 Å². The van der Waals surface area contributed by atoms with E-state index >= 15 is 0 Å². The van der Waals surface area contributed by atoms with Gasteiger partial charge in [0.15, 0.2) is 6.54 Å². The predicted octanol–water partition coefficient (Wildman–Crippen LogP) is -2.19. The summed E-state index contributed by atoms with van der Waals surface area (Å²) in [4.78, 5) is 12.8. The van der Waals surface area contributed by atoms with Crippen LogP contribution in [-0.2, 0) is 50.7 Å². The smallest absolute Gasteiger partial charge is 0.748 e. The first-order valence-corrected chi connectivity index (χ1v) is 22.5. The van der Waals surface area contributed by atoms with E-state index < -0.39 is 58.1 Å². The number of benzene rings is 2. The van der Waals surface area contributed by atoms with E-state index in [2.05, 4.69) is 0 Å². The molecule has 3 aliphatic rings. The molecule has 308 valence electrons. The Kier molecular flexibility index (Phi) is 19.1. The maximum Gasteiger partial charge on any atom is 1.00 e. The molecule has 0 fully saturated rings. The zero-order chi connectivity index (χ0) is 41.7. The van der Waals surface area contributed by atoms with Crippen molar-refractivity contribution in [1.82, 2.24) is 4.58 Å². The molecular formula is C38H48N2Na2O13S3. The normalized spacial score (nSPS) is 17.3. The Hall–Kier alpha value is -1.91. The van der Waals surface area contributed by atoms with Crippen LogP contribution in [0.3, 0.4) is 0 Å². The maximum absolute atomic E-state index is 12.1. The second-order valence-electron chi connectivity index (χ2n) is 15.0. The minimum absolute atomic E-state index is 0. The molecule has 0 spiro atoms. The van der Waals surface area contributed by atoms with Crippen LogP contribution in [0.5, 0.6) is 0 Å². The van der Waals surface area contributed by atoms with Crippen molar-refractivity contribution in [3.8, 4) is 11.3 Å². The number of hydrogen-bond acceptors (Lipinski definition) is 13. The molecule has 0 radical (unpaired) electrons. The molecule has 1 unspecified atom stereocenters. The fourth-order valence-corrected chi connectivity index (χ4v) is 8.48. The summed E-state index contributed by atoms with van der Waals surface area (Å²) < 4.78 is 118. The Balaban J connectivity index is 0.00000580. The quantitative estimate of drug-likeness (QED) is 0.0813. The van der Waals surface area contributed by atoms with Crippen molar-refractivity contribution in [2.24, 2.45) is 0 Å². The van der Waals surface area contributed by atoms with E-state index in [-0.39, 0.29) is 110 Å². The first-order valence-electron chi connectivity index (χ1n) is 17.9. The summed E-state index contributed by atoms with van der Waals surface area (Å²) in [5.41, 5.74) is 1.91. The summed E-state index contributed by atoms with van der Waals surface area (Å²) in [5, 5.41) is 10.1. The zero-order valence-corrected chi connectivity index (χ0v) is 40.5. The van der Waals surface area contributed by atoms with Gasteiger partial charge in [-0.2, -0.15) is 0 Å². The third-order valence-electron chi connectivity index (χ3n) is 9.69. The summed E-state index contributed by atoms with van der Waals surface area (Å²) in [6, 6.07) is 11.4. The topological polar surface area (TPSA) is 238 Å². The fourth-order valence-electron chi connectivity index (χ4n) is 7.02. The number of anilines is 1. The van der Waals surface area contributed by atoms with Gasteiger partial charge in [-0.15, -0.1) is 0 Å². The maximum atomic E-state index is 12.1. The number of hydrogen-bond donors (Lipinski definition) is 1. The summed E-state index contributed by atoms with van der Waals surface area (Å²) in [6.45, 7) is 9.04. The minimum Gasteiger partial charge on any atom is -0.748 e. The summed E-state index contributed by atoms with van der Waals surface area (Å²) >= 11 is 0. The number of methoxy groups -OCH3 is 1. The standard InChI is InChI=1S/C38H50N2O13S3.2Na/c1-37(2,3)31-25-28(53-34-24-27(13-15-30(31)34)39(20-21-52-5)18-8-22-54(43,44)45)10-6-11-35-38(4,17-7-12-36(41)42)32-26-29(56(49,50)51)14-16-33(32)40(35)19-9-23-55(46,47)48;;/h6,10-11,13-16,24-26H,7-9,12,17-23H2,1-5H3,(H3-,41,42,43,44,45,46,47,48,49,50,51);;/q;2*+1/p-2. The molecule has 0 saturated heterocycles. The van der Waals surface area contributed by atoms with Crippen LogP contribution < -0.4 is 73.9 Å². The largest absolute Gasteiger partial charge is 1.00 e.